The molecule has 25 heavy (non-hydrogen) atoms. The lowest BCUT2D eigenvalue weighted by atomic mass is 10.1. The molecule has 0 aromatic heterocycles. The van der Waals surface area contributed by atoms with Crippen molar-refractivity contribution in [3.05, 3.63) is 28.7 Å². The van der Waals surface area contributed by atoms with E-state index < -0.39 is 21.7 Å². The summed E-state index contributed by atoms with van der Waals surface area (Å²) in [5.74, 6) is 0. The summed E-state index contributed by atoms with van der Waals surface area (Å²) in [4.78, 5) is 14.1. The molecule has 1 amide bonds. The molecule has 1 fully saturated rings. The summed E-state index contributed by atoms with van der Waals surface area (Å²) in [5.41, 5.74) is -0.573. The molecule has 1 aliphatic rings. The van der Waals surface area contributed by atoms with E-state index in [4.69, 9.17) is 4.74 Å². The van der Waals surface area contributed by atoms with Crippen LogP contribution in [0, 0.1) is 0 Å². The van der Waals surface area contributed by atoms with Crippen LogP contribution >= 0.6 is 15.9 Å². The number of piperidine rings is 1. The molecule has 1 aromatic rings. The number of rotatable bonds is 3. The van der Waals surface area contributed by atoms with Crippen molar-refractivity contribution in [2.24, 2.45) is 0 Å². The molecule has 0 saturated carbocycles. The number of benzene rings is 1. The molecular formula is C17H25BrN2O4S. The zero-order valence-electron chi connectivity index (χ0n) is 15.0. The first-order valence-corrected chi connectivity index (χ1v) is 10.5. The van der Waals surface area contributed by atoms with Crippen LogP contribution in [-0.2, 0) is 14.8 Å². The largest absolute Gasteiger partial charge is 0.444 e. The van der Waals surface area contributed by atoms with Crippen molar-refractivity contribution >= 4 is 32.0 Å². The minimum absolute atomic E-state index is 0.229. The van der Waals surface area contributed by atoms with Gasteiger partial charge in [0, 0.05) is 30.7 Å². The summed E-state index contributed by atoms with van der Waals surface area (Å²) in [5, 5.41) is 0. The van der Waals surface area contributed by atoms with Gasteiger partial charge in [-0.15, -0.1) is 0 Å². The Morgan fingerprint density at radius 2 is 1.96 bits per heavy atom. The number of ether oxygens (including phenoxy) is 1. The number of hydrogen-bond donors (Lipinski definition) is 0. The van der Waals surface area contributed by atoms with Crippen LogP contribution in [0.1, 0.15) is 33.6 Å². The number of likely N-dealkylation sites (tertiary alicyclic amines) is 1. The summed E-state index contributed by atoms with van der Waals surface area (Å²) in [6, 6.07) is 6.46. The third-order valence-corrected chi connectivity index (χ3v) is 6.98. The Morgan fingerprint density at radius 3 is 2.56 bits per heavy atom. The Labute approximate surface area is 158 Å². The molecule has 0 aliphatic carbocycles. The quantitative estimate of drug-likeness (QED) is 0.732. The first-order chi connectivity index (χ1) is 11.5. The first-order valence-electron chi connectivity index (χ1n) is 8.23. The third-order valence-electron chi connectivity index (χ3n) is 4.06. The van der Waals surface area contributed by atoms with E-state index >= 15 is 0 Å². The van der Waals surface area contributed by atoms with E-state index in [0.717, 1.165) is 6.42 Å². The van der Waals surface area contributed by atoms with Gasteiger partial charge in [0.1, 0.15) is 5.60 Å². The number of sulfonamides is 1. The summed E-state index contributed by atoms with van der Waals surface area (Å²) in [6.45, 7) is 6.35. The Balaban J connectivity index is 2.15. The third kappa shape index (κ3) is 4.95. The fraction of sp³-hybridized carbons (Fsp3) is 0.588. The second-order valence-electron chi connectivity index (χ2n) is 7.17. The van der Waals surface area contributed by atoms with E-state index in [1.807, 2.05) is 20.8 Å². The molecule has 6 nitrogen and oxygen atoms in total. The van der Waals surface area contributed by atoms with Gasteiger partial charge in [0.2, 0.25) is 10.0 Å². The lowest BCUT2D eigenvalue weighted by Gasteiger charge is -2.37. The zero-order chi connectivity index (χ0) is 18.8. The highest BCUT2D eigenvalue weighted by molar-refractivity contribution is 9.10. The second-order valence-corrected chi connectivity index (χ2v) is 9.99. The average molecular weight is 433 g/mol. The Bertz CT molecular complexity index is 730. The maximum absolute atomic E-state index is 12.9. The molecule has 140 valence electrons. The van der Waals surface area contributed by atoms with Gasteiger partial charge in [0.15, 0.2) is 0 Å². The van der Waals surface area contributed by atoms with Gasteiger partial charge in [0.05, 0.1) is 4.90 Å². The maximum Gasteiger partial charge on any atom is 0.410 e. The molecule has 1 aliphatic heterocycles. The van der Waals surface area contributed by atoms with Crippen molar-refractivity contribution in [3.8, 4) is 0 Å². The highest BCUT2D eigenvalue weighted by Gasteiger charge is 2.35. The van der Waals surface area contributed by atoms with Gasteiger partial charge in [0.25, 0.3) is 0 Å². The van der Waals surface area contributed by atoms with Crippen molar-refractivity contribution in [3.63, 3.8) is 0 Å². The number of hydrogen-bond acceptors (Lipinski definition) is 4. The molecular weight excluding hydrogens is 408 g/mol. The Hall–Kier alpha value is -1.12. The molecule has 0 bridgehead atoms. The number of nitrogens with zero attached hydrogens (tertiary/aromatic N) is 2. The topological polar surface area (TPSA) is 66.9 Å². The van der Waals surface area contributed by atoms with Crippen molar-refractivity contribution in [2.45, 2.75) is 50.2 Å². The van der Waals surface area contributed by atoms with Crippen molar-refractivity contribution in [2.75, 3.05) is 20.1 Å². The summed E-state index contributed by atoms with van der Waals surface area (Å²) >= 11 is 3.30. The van der Waals surface area contributed by atoms with Gasteiger partial charge in [-0.25, -0.2) is 13.2 Å². The lowest BCUT2D eigenvalue weighted by Crippen LogP contribution is -2.51. The van der Waals surface area contributed by atoms with E-state index in [-0.39, 0.29) is 10.9 Å². The van der Waals surface area contributed by atoms with Crippen LogP contribution in [0.15, 0.2) is 33.6 Å². The number of likely N-dealkylation sites (N-methyl/N-ethyl adjacent to an activating group) is 1. The highest BCUT2D eigenvalue weighted by Crippen LogP contribution is 2.27. The van der Waals surface area contributed by atoms with Crippen LogP contribution in [0.2, 0.25) is 0 Å². The van der Waals surface area contributed by atoms with Gasteiger partial charge in [-0.3, -0.25) is 0 Å². The normalized spacial score (nSPS) is 19.1. The highest BCUT2D eigenvalue weighted by atomic mass is 79.9. The van der Waals surface area contributed by atoms with Gasteiger partial charge in [-0.2, -0.15) is 4.31 Å². The van der Waals surface area contributed by atoms with E-state index in [0.29, 0.717) is 24.0 Å². The fourth-order valence-corrected chi connectivity index (χ4v) is 5.09. The van der Waals surface area contributed by atoms with Crippen LogP contribution in [0.5, 0.6) is 0 Å². The molecule has 1 atom stereocenters. The van der Waals surface area contributed by atoms with Crippen LogP contribution in [-0.4, -0.2) is 55.5 Å². The molecule has 1 heterocycles. The van der Waals surface area contributed by atoms with Gasteiger partial charge >= 0.3 is 6.09 Å². The van der Waals surface area contributed by atoms with Crippen LogP contribution in [0.4, 0.5) is 4.79 Å². The molecule has 0 unspecified atom stereocenters. The predicted octanol–water partition coefficient (Wildman–Crippen LogP) is 3.47. The molecule has 1 saturated heterocycles. The molecule has 0 radical (unpaired) electrons. The van der Waals surface area contributed by atoms with E-state index in [1.54, 1.807) is 36.2 Å². The predicted molar refractivity (Wildman–Crippen MR) is 99.9 cm³/mol. The molecule has 0 N–H and O–H groups in total. The van der Waals surface area contributed by atoms with Gasteiger partial charge in [-0.1, -0.05) is 12.1 Å². The smallest absolute Gasteiger partial charge is 0.410 e. The summed E-state index contributed by atoms with van der Waals surface area (Å²) in [6.07, 6.45) is 1.04. The van der Waals surface area contributed by atoms with Crippen LogP contribution in [0.25, 0.3) is 0 Å². The number of amides is 1. The number of halogens is 1. The van der Waals surface area contributed by atoms with Crippen LogP contribution < -0.4 is 0 Å². The molecule has 2 rings (SSSR count). The maximum atomic E-state index is 12.9. The molecule has 1 aromatic carbocycles. The van der Waals surface area contributed by atoms with E-state index in [2.05, 4.69) is 15.9 Å². The van der Waals surface area contributed by atoms with Crippen molar-refractivity contribution in [1.29, 1.82) is 0 Å². The minimum Gasteiger partial charge on any atom is -0.444 e. The standard InChI is InChI=1S/C17H25BrN2O4S/c1-17(2,3)24-16(21)20-11-7-8-13(12-20)19(4)25(22,23)15-10-6-5-9-14(15)18/h5-6,9-10,13H,7-8,11-12H2,1-4H3/t13-/m0/s1. The Kier molecular flexibility index (Phi) is 6.17. The molecule has 8 heteroatoms. The van der Waals surface area contributed by atoms with Crippen LogP contribution in [0.3, 0.4) is 0 Å². The van der Waals surface area contributed by atoms with E-state index in [9.17, 15) is 13.2 Å². The van der Waals surface area contributed by atoms with Gasteiger partial charge in [-0.05, 0) is 61.7 Å². The van der Waals surface area contributed by atoms with Gasteiger partial charge < -0.3 is 9.64 Å². The first kappa shape index (κ1) is 20.2. The summed E-state index contributed by atoms with van der Waals surface area (Å²) < 4.78 is 33.1. The SMILES string of the molecule is CN([C@H]1CCCN(C(=O)OC(C)(C)C)C1)S(=O)(=O)c1ccccc1Br. The van der Waals surface area contributed by atoms with Crippen molar-refractivity contribution in [1.82, 2.24) is 9.21 Å². The fourth-order valence-electron chi connectivity index (χ4n) is 2.75. The minimum atomic E-state index is -3.65. The second kappa shape index (κ2) is 7.63. The lowest BCUT2D eigenvalue weighted by molar-refractivity contribution is 0.0163. The monoisotopic (exact) mass is 432 g/mol. The summed E-state index contributed by atoms with van der Waals surface area (Å²) in [7, 11) is -2.08. The number of carbonyl (C=O) groups is 1. The van der Waals surface area contributed by atoms with Crippen molar-refractivity contribution < 1.29 is 17.9 Å². The zero-order valence-corrected chi connectivity index (χ0v) is 17.4. The molecule has 0 spiro atoms. The Morgan fingerprint density at radius 1 is 1.32 bits per heavy atom. The van der Waals surface area contributed by atoms with E-state index in [1.165, 1.54) is 4.31 Å². The average Bonchev–Trinajstić information content (AvgIpc) is 2.53. The number of carbonyl (C=O) groups excluding carboxylic acids is 1.